The van der Waals surface area contributed by atoms with Crippen molar-refractivity contribution in [2.45, 2.75) is 105 Å². The van der Waals surface area contributed by atoms with Crippen molar-refractivity contribution in [1.29, 1.82) is 0 Å². The van der Waals surface area contributed by atoms with E-state index in [0.29, 0.717) is 28.7 Å². The number of ketones is 3. The van der Waals surface area contributed by atoms with Crippen LogP contribution in [-0.4, -0.2) is 89.9 Å². The molecule has 3 fully saturated rings. The number of Topliss-reactive ketones (excluding diaryl/α,β-unsaturated/α-hetero) is 3. The topological polar surface area (TPSA) is 60.9 Å². The molecule has 4 atom stereocenters. The molecule has 186 valence electrons. The Labute approximate surface area is 197 Å². The van der Waals surface area contributed by atoms with Crippen molar-refractivity contribution in [3.05, 3.63) is 0 Å². The van der Waals surface area contributed by atoms with Gasteiger partial charge in [-0.2, -0.15) is 0 Å². The lowest BCUT2D eigenvalue weighted by atomic mass is 9.90. The number of likely N-dealkylation sites (tertiary alicyclic amines) is 3. The minimum Gasteiger partial charge on any atom is -0.298 e. The first-order valence-corrected chi connectivity index (χ1v) is 12.1. The van der Waals surface area contributed by atoms with E-state index in [4.69, 9.17) is 0 Å². The zero-order chi connectivity index (χ0) is 25.0. The molecule has 0 N–H and O–H groups in total. The Balaban J connectivity index is 0.000000240. The summed E-state index contributed by atoms with van der Waals surface area (Å²) in [6, 6.07) is 0.546. The molecular weight excluding hydrogens is 402 g/mol. The maximum absolute atomic E-state index is 11.1. The summed E-state index contributed by atoms with van der Waals surface area (Å²) < 4.78 is 0. The third-order valence-electron chi connectivity index (χ3n) is 7.57. The predicted molar refractivity (Wildman–Crippen MR) is 132 cm³/mol. The summed E-state index contributed by atoms with van der Waals surface area (Å²) in [6.45, 7) is 18.2. The van der Waals surface area contributed by atoms with Gasteiger partial charge in [-0.05, 0) is 92.8 Å². The summed E-state index contributed by atoms with van der Waals surface area (Å²) in [5, 5.41) is 0. The van der Waals surface area contributed by atoms with Crippen molar-refractivity contribution >= 4 is 17.3 Å². The molecular formula is C26H49N3O3. The highest BCUT2D eigenvalue weighted by atomic mass is 16.1. The first-order valence-electron chi connectivity index (χ1n) is 12.1. The van der Waals surface area contributed by atoms with E-state index in [0.717, 1.165) is 38.8 Å². The van der Waals surface area contributed by atoms with Crippen LogP contribution in [0.1, 0.15) is 81.1 Å². The van der Waals surface area contributed by atoms with Gasteiger partial charge in [-0.1, -0.05) is 20.8 Å². The lowest BCUT2D eigenvalue weighted by Gasteiger charge is -2.30. The molecule has 4 unspecified atom stereocenters. The molecule has 0 aromatic carbocycles. The van der Waals surface area contributed by atoms with Gasteiger partial charge in [0.2, 0.25) is 0 Å². The van der Waals surface area contributed by atoms with Crippen molar-refractivity contribution in [2.75, 3.05) is 34.2 Å². The quantitative estimate of drug-likeness (QED) is 0.652. The molecule has 6 nitrogen and oxygen atoms in total. The Bertz CT molecular complexity index is 661. The van der Waals surface area contributed by atoms with Gasteiger partial charge < -0.3 is 0 Å². The highest BCUT2D eigenvalue weighted by molar-refractivity contribution is 5.82. The van der Waals surface area contributed by atoms with Crippen LogP contribution in [0.15, 0.2) is 0 Å². The van der Waals surface area contributed by atoms with Crippen LogP contribution in [0.25, 0.3) is 0 Å². The van der Waals surface area contributed by atoms with Crippen molar-refractivity contribution < 1.29 is 14.4 Å². The average Bonchev–Trinajstić information content (AvgIpc) is 3.21. The molecule has 0 aromatic heterocycles. The number of nitrogens with zero attached hydrogens (tertiary/aromatic N) is 3. The summed E-state index contributed by atoms with van der Waals surface area (Å²) in [5.74, 6) is 1.61. The molecule has 3 heterocycles. The largest absolute Gasteiger partial charge is 0.298 e. The van der Waals surface area contributed by atoms with Crippen LogP contribution in [0.2, 0.25) is 0 Å². The van der Waals surface area contributed by atoms with Gasteiger partial charge in [0, 0.05) is 18.6 Å². The normalized spacial score (nSPS) is 32.0. The molecule has 3 saturated heterocycles. The van der Waals surface area contributed by atoms with Crippen LogP contribution in [0, 0.1) is 11.3 Å². The molecule has 0 saturated carbocycles. The molecule has 0 amide bonds. The summed E-state index contributed by atoms with van der Waals surface area (Å²) in [5.41, 5.74) is 0.543. The second-order valence-corrected chi connectivity index (χ2v) is 11.9. The lowest BCUT2D eigenvalue weighted by Crippen LogP contribution is -2.42. The average molecular weight is 452 g/mol. The van der Waals surface area contributed by atoms with Gasteiger partial charge in [0.15, 0.2) is 0 Å². The second kappa shape index (κ2) is 11.3. The number of likely N-dealkylation sites (N-methyl/N-ethyl adjacent to an activating group) is 3. The molecule has 0 aliphatic carbocycles. The number of rotatable bonds is 3. The van der Waals surface area contributed by atoms with E-state index < -0.39 is 0 Å². The summed E-state index contributed by atoms with van der Waals surface area (Å²) in [7, 11) is 6.09. The highest BCUT2D eigenvalue weighted by Crippen LogP contribution is 2.33. The zero-order valence-electron chi connectivity index (χ0n) is 22.6. The van der Waals surface area contributed by atoms with E-state index in [1.165, 1.54) is 0 Å². The Morgan fingerprint density at radius 1 is 0.781 bits per heavy atom. The lowest BCUT2D eigenvalue weighted by molar-refractivity contribution is -0.122. The van der Waals surface area contributed by atoms with Crippen molar-refractivity contribution in [2.24, 2.45) is 11.3 Å². The Morgan fingerprint density at radius 3 is 1.47 bits per heavy atom. The summed E-state index contributed by atoms with van der Waals surface area (Å²) >= 11 is 0. The standard InChI is InChI=1S/2C9H17NO.C8H15NO/c1-7(11)8-5-9(2,3)6-10(8)4;1-7(11)8-5-6-9(2,3)10(8)4;1-6-4-8(7(2)10)9(3)5-6/h2*8H,5-6H2,1-4H3;6,8H,4-5H2,1-3H3. The predicted octanol–water partition coefficient (Wildman–Crippen LogP) is 3.67. The van der Waals surface area contributed by atoms with Gasteiger partial charge in [-0.3, -0.25) is 29.1 Å². The van der Waals surface area contributed by atoms with Gasteiger partial charge in [-0.25, -0.2) is 0 Å². The van der Waals surface area contributed by atoms with Gasteiger partial charge in [0.1, 0.15) is 17.3 Å². The minimum absolute atomic E-state index is 0.171. The van der Waals surface area contributed by atoms with Crippen LogP contribution < -0.4 is 0 Å². The van der Waals surface area contributed by atoms with Gasteiger partial charge >= 0.3 is 0 Å². The molecule has 32 heavy (non-hydrogen) atoms. The Kier molecular flexibility index (Phi) is 10.3. The SMILES string of the molecule is CC(=O)C1CC(C)(C)CN1C.CC(=O)C1CC(C)CN1C.CC(=O)C1CCC(C)(C)N1C. The fraction of sp³-hybridized carbons (Fsp3) is 0.885. The Morgan fingerprint density at radius 2 is 1.28 bits per heavy atom. The maximum Gasteiger partial charge on any atom is 0.146 e. The van der Waals surface area contributed by atoms with Crippen molar-refractivity contribution in [3.8, 4) is 0 Å². The monoisotopic (exact) mass is 451 g/mol. The molecule has 0 aromatic rings. The van der Waals surface area contributed by atoms with E-state index in [2.05, 4.69) is 49.3 Å². The zero-order valence-corrected chi connectivity index (χ0v) is 22.6. The molecule has 0 radical (unpaired) electrons. The molecule has 3 aliphatic heterocycles. The van der Waals surface area contributed by atoms with Gasteiger partial charge in [0.05, 0.1) is 18.1 Å². The fourth-order valence-corrected chi connectivity index (χ4v) is 5.47. The maximum atomic E-state index is 11.1. The van der Waals surface area contributed by atoms with E-state index >= 15 is 0 Å². The first kappa shape index (κ1) is 28.9. The third-order valence-corrected chi connectivity index (χ3v) is 7.57. The third kappa shape index (κ3) is 8.03. The summed E-state index contributed by atoms with van der Waals surface area (Å²) in [4.78, 5) is 39.7. The number of carbonyl (C=O) groups excluding carboxylic acids is 3. The van der Waals surface area contributed by atoms with E-state index in [1.54, 1.807) is 20.8 Å². The fourth-order valence-electron chi connectivity index (χ4n) is 5.47. The number of hydrogen-bond donors (Lipinski definition) is 0. The van der Waals surface area contributed by atoms with Crippen molar-refractivity contribution in [3.63, 3.8) is 0 Å². The van der Waals surface area contributed by atoms with Crippen LogP contribution in [0.3, 0.4) is 0 Å². The molecule has 6 heteroatoms. The van der Waals surface area contributed by atoms with E-state index in [1.807, 2.05) is 21.1 Å². The van der Waals surface area contributed by atoms with Crippen molar-refractivity contribution in [1.82, 2.24) is 14.7 Å². The number of hydrogen-bond acceptors (Lipinski definition) is 6. The first-order chi connectivity index (χ1) is 14.5. The minimum atomic E-state index is 0.171. The highest BCUT2D eigenvalue weighted by Gasteiger charge is 2.38. The van der Waals surface area contributed by atoms with E-state index in [9.17, 15) is 14.4 Å². The smallest absolute Gasteiger partial charge is 0.146 e. The van der Waals surface area contributed by atoms with Crippen LogP contribution in [-0.2, 0) is 14.4 Å². The molecule has 0 spiro atoms. The van der Waals surface area contributed by atoms with Crippen LogP contribution >= 0.6 is 0 Å². The van der Waals surface area contributed by atoms with E-state index in [-0.39, 0.29) is 23.7 Å². The molecule has 3 rings (SSSR count). The Hall–Kier alpha value is -1.11. The molecule has 0 bridgehead atoms. The molecule has 3 aliphatic rings. The van der Waals surface area contributed by atoms with Crippen LogP contribution in [0.5, 0.6) is 0 Å². The number of carbonyl (C=O) groups is 3. The summed E-state index contributed by atoms with van der Waals surface area (Å²) in [6.07, 6.45) is 4.22. The van der Waals surface area contributed by atoms with Crippen LogP contribution in [0.4, 0.5) is 0 Å². The second-order valence-electron chi connectivity index (χ2n) is 11.9. The van der Waals surface area contributed by atoms with Gasteiger partial charge in [-0.15, -0.1) is 0 Å². The van der Waals surface area contributed by atoms with Gasteiger partial charge in [0.25, 0.3) is 0 Å².